The standard InChI is InChI=1S/C12H15N3O4S/c1-15-11(16)6-10(12(15)17)14-20(18,19)7-8-4-2-3-5-9(8)13/h2-5,10,14H,6-7,13H2,1H3. The average Bonchev–Trinajstić information content (AvgIpc) is 2.59. The minimum absolute atomic E-state index is 0.154. The highest BCUT2D eigenvalue weighted by atomic mass is 32.2. The van der Waals surface area contributed by atoms with E-state index in [1.807, 2.05) is 0 Å². The number of sulfonamides is 1. The van der Waals surface area contributed by atoms with Gasteiger partial charge in [-0.05, 0) is 11.6 Å². The molecule has 1 atom stereocenters. The van der Waals surface area contributed by atoms with Crippen molar-refractivity contribution in [3.8, 4) is 0 Å². The molecule has 0 aliphatic carbocycles. The van der Waals surface area contributed by atoms with Gasteiger partial charge in [-0.1, -0.05) is 18.2 Å². The number of nitrogens with zero attached hydrogens (tertiary/aromatic N) is 1. The van der Waals surface area contributed by atoms with E-state index in [0.717, 1.165) is 4.90 Å². The predicted molar refractivity (Wildman–Crippen MR) is 72.8 cm³/mol. The molecule has 0 spiro atoms. The van der Waals surface area contributed by atoms with Gasteiger partial charge in [0.1, 0.15) is 6.04 Å². The first kappa shape index (κ1) is 14.5. The van der Waals surface area contributed by atoms with Crippen molar-refractivity contribution < 1.29 is 18.0 Å². The molecule has 1 heterocycles. The number of anilines is 1. The zero-order valence-electron chi connectivity index (χ0n) is 10.9. The lowest BCUT2D eigenvalue weighted by Crippen LogP contribution is -2.41. The molecule has 1 saturated heterocycles. The number of hydrogen-bond acceptors (Lipinski definition) is 5. The number of likely N-dealkylation sites (N-methyl/N-ethyl adjacent to an activating group) is 1. The molecule has 1 unspecified atom stereocenters. The Kier molecular flexibility index (Phi) is 3.78. The summed E-state index contributed by atoms with van der Waals surface area (Å²) in [5, 5.41) is 0. The maximum Gasteiger partial charge on any atom is 0.247 e. The van der Waals surface area contributed by atoms with E-state index in [9.17, 15) is 18.0 Å². The first-order chi connectivity index (χ1) is 9.30. The molecule has 1 aromatic rings. The molecule has 0 radical (unpaired) electrons. The average molecular weight is 297 g/mol. The van der Waals surface area contributed by atoms with Gasteiger partial charge >= 0.3 is 0 Å². The lowest BCUT2D eigenvalue weighted by Gasteiger charge is -2.12. The van der Waals surface area contributed by atoms with Crippen molar-refractivity contribution in [2.24, 2.45) is 0 Å². The van der Waals surface area contributed by atoms with E-state index in [4.69, 9.17) is 5.73 Å². The Balaban J connectivity index is 2.11. The van der Waals surface area contributed by atoms with Crippen LogP contribution in [0.5, 0.6) is 0 Å². The number of rotatable bonds is 4. The molecule has 0 bridgehead atoms. The van der Waals surface area contributed by atoms with Crippen LogP contribution in [0, 0.1) is 0 Å². The van der Waals surface area contributed by atoms with Crippen LogP contribution < -0.4 is 10.5 Å². The van der Waals surface area contributed by atoms with Gasteiger partial charge in [-0.25, -0.2) is 13.1 Å². The Labute approximate surface area is 116 Å². The van der Waals surface area contributed by atoms with Crippen LogP contribution in [0.3, 0.4) is 0 Å². The maximum absolute atomic E-state index is 12.0. The lowest BCUT2D eigenvalue weighted by molar-refractivity contribution is -0.137. The van der Waals surface area contributed by atoms with Crippen molar-refractivity contribution in [3.05, 3.63) is 29.8 Å². The van der Waals surface area contributed by atoms with E-state index in [1.165, 1.54) is 7.05 Å². The van der Waals surface area contributed by atoms with Crippen LogP contribution in [0.1, 0.15) is 12.0 Å². The van der Waals surface area contributed by atoms with Crippen LogP contribution in [-0.2, 0) is 25.4 Å². The second kappa shape index (κ2) is 5.22. The Morgan fingerprint density at radius 1 is 1.35 bits per heavy atom. The quantitative estimate of drug-likeness (QED) is 0.572. The fourth-order valence-corrected chi connectivity index (χ4v) is 3.35. The van der Waals surface area contributed by atoms with Gasteiger partial charge in [0.25, 0.3) is 0 Å². The van der Waals surface area contributed by atoms with Crippen molar-refractivity contribution in [1.29, 1.82) is 0 Å². The normalized spacial score (nSPS) is 19.6. The van der Waals surface area contributed by atoms with Crippen LogP contribution in [0.15, 0.2) is 24.3 Å². The minimum Gasteiger partial charge on any atom is -0.398 e. The SMILES string of the molecule is CN1C(=O)CC(NS(=O)(=O)Cc2ccccc2N)C1=O. The number of nitrogens with two attached hydrogens (primary N) is 1. The van der Waals surface area contributed by atoms with Gasteiger partial charge in [0.05, 0.1) is 12.2 Å². The Bertz CT molecular complexity index is 656. The third kappa shape index (κ3) is 2.97. The van der Waals surface area contributed by atoms with Gasteiger partial charge in [0, 0.05) is 12.7 Å². The number of nitrogen functional groups attached to an aromatic ring is 1. The van der Waals surface area contributed by atoms with E-state index in [1.54, 1.807) is 24.3 Å². The summed E-state index contributed by atoms with van der Waals surface area (Å²) in [6.07, 6.45) is -0.154. The number of amides is 2. The Morgan fingerprint density at radius 3 is 2.55 bits per heavy atom. The highest BCUT2D eigenvalue weighted by molar-refractivity contribution is 7.88. The van der Waals surface area contributed by atoms with Crippen molar-refractivity contribution in [2.75, 3.05) is 12.8 Å². The number of imide groups is 1. The van der Waals surface area contributed by atoms with E-state index < -0.39 is 27.9 Å². The fourth-order valence-electron chi connectivity index (χ4n) is 1.98. The maximum atomic E-state index is 12.0. The predicted octanol–water partition coefficient (Wildman–Crippen LogP) is -0.554. The van der Waals surface area contributed by atoms with Crippen molar-refractivity contribution in [2.45, 2.75) is 18.2 Å². The third-order valence-corrected chi connectivity index (χ3v) is 4.44. The van der Waals surface area contributed by atoms with Crippen molar-refractivity contribution in [1.82, 2.24) is 9.62 Å². The van der Waals surface area contributed by atoms with Gasteiger partial charge in [-0.2, -0.15) is 0 Å². The van der Waals surface area contributed by atoms with Gasteiger partial charge in [0.15, 0.2) is 0 Å². The summed E-state index contributed by atoms with van der Waals surface area (Å²) in [6, 6.07) is 5.56. The number of para-hydroxylation sites is 1. The molecule has 1 aliphatic rings. The summed E-state index contributed by atoms with van der Waals surface area (Å²) in [5.74, 6) is -1.28. The van der Waals surface area contributed by atoms with Crippen molar-refractivity contribution in [3.63, 3.8) is 0 Å². The van der Waals surface area contributed by atoms with Crippen LogP contribution in [-0.4, -0.2) is 38.2 Å². The van der Waals surface area contributed by atoms with Gasteiger partial charge in [0.2, 0.25) is 21.8 Å². The molecule has 2 rings (SSSR count). The molecule has 20 heavy (non-hydrogen) atoms. The van der Waals surface area contributed by atoms with E-state index in [2.05, 4.69) is 4.72 Å². The van der Waals surface area contributed by atoms with E-state index in [-0.39, 0.29) is 12.2 Å². The van der Waals surface area contributed by atoms with Gasteiger partial charge < -0.3 is 5.73 Å². The molecule has 1 fully saturated rings. The molecular formula is C12H15N3O4S. The van der Waals surface area contributed by atoms with Crippen LogP contribution in [0.25, 0.3) is 0 Å². The second-order valence-electron chi connectivity index (χ2n) is 4.62. The highest BCUT2D eigenvalue weighted by Gasteiger charge is 2.38. The first-order valence-corrected chi connectivity index (χ1v) is 7.59. The topological polar surface area (TPSA) is 110 Å². The first-order valence-electron chi connectivity index (χ1n) is 5.94. The molecule has 3 N–H and O–H groups in total. The number of likely N-dealkylation sites (tertiary alicyclic amines) is 1. The Hall–Kier alpha value is -1.93. The molecule has 8 heteroatoms. The van der Waals surface area contributed by atoms with Crippen LogP contribution in [0.2, 0.25) is 0 Å². The number of carbonyl (C=O) groups is 2. The molecular weight excluding hydrogens is 282 g/mol. The third-order valence-electron chi connectivity index (χ3n) is 3.10. The smallest absolute Gasteiger partial charge is 0.247 e. The summed E-state index contributed by atoms with van der Waals surface area (Å²) < 4.78 is 26.3. The molecule has 0 aromatic heterocycles. The van der Waals surface area contributed by atoms with E-state index >= 15 is 0 Å². The molecule has 1 aromatic carbocycles. The zero-order chi connectivity index (χ0) is 14.9. The summed E-state index contributed by atoms with van der Waals surface area (Å²) in [6.45, 7) is 0. The minimum atomic E-state index is -3.75. The second-order valence-corrected chi connectivity index (χ2v) is 6.38. The fraction of sp³-hybridized carbons (Fsp3) is 0.333. The summed E-state index contributed by atoms with van der Waals surface area (Å²) in [4.78, 5) is 23.9. The molecule has 2 amide bonds. The highest BCUT2D eigenvalue weighted by Crippen LogP contribution is 2.16. The monoisotopic (exact) mass is 297 g/mol. The summed E-state index contributed by atoms with van der Waals surface area (Å²) in [7, 11) is -2.42. The van der Waals surface area contributed by atoms with Crippen LogP contribution in [0.4, 0.5) is 5.69 Å². The molecule has 7 nitrogen and oxygen atoms in total. The molecule has 1 aliphatic heterocycles. The van der Waals surface area contributed by atoms with Gasteiger partial charge in [-0.15, -0.1) is 0 Å². The largest absolute Gasteiger partial charge is 0.398 e. The Morgan fingerprint density at radius 2 is 2.00 bits per heavy atom. The number of nitrogens with one attached hydrogen (secondary N) is 1. The zero-order valence-corrected chi connectivity index (χ0v) is 11.7. The number of hydrogen-bond donors (Lipinski definition) is 2. The van der Waals surface area contributed by atoms with Crippen LogP contribution >= 0.6 is 0 Å². The molecule has 0 saturated carbocycles. The number of benzene rings is 1. The lowest BCUT2D eigenvalue weighted by atomic mass is 10.2. The summed E-state index contributed by atoms with van der Waals surface area (Å²) >= 11 is 0. The van der Waals surface area contributed by atoms with Crippen molar-refractivity contribution >= 4 is 27.5 Å². The van der Waals surface area contributed by atoms with Gasteiger partial charge in [-0.3, -0.25) is 14.5 Å². The summed E-state index contributed by atoms with van der Waals surface area (Å²) in [5.41, 5.74) is 6.50. The number of carbonyl (C=O) groups excluding carboxylic acids is 2. The molecule has 108 valence electrons. The van der Waals surface area contributed by atoms with E-state index in [0.29, 0.717) is 11.3 Å².